The molecule has 128 valence electrons. The number of ether oxygens (including phenoxy) is 2. The Kier molecular flexibility index (Phi) is 6.10. The fourth-order valence-electron chi connectivity index (χ4n) is 2.57. The summed E-state index contributed by atoms with van der Waals surface area (Å²) in [5, 5.41) is 3.41. The number of hydrogen-bond donors (Lipinski definition) is 1. The zero-order valence-electron chi connectivity index (χ0n) is 14.3. The Labute approximate surface area is 147 Å². The lowest BCUT2D eigenvalue weighted by Crippen LogP contribution is -2.31. The van der Waals surface area contributed by atoms with Gasteiger partial charge in [-0.25, -0.2) is 0 Å². The first-order chi connectivity index (χ1) is 11.5. The van der Waals surface area contributed by atoms with E-state index in [-0.39, 0.29) is 17.9 Å². The van der Waals surface area contributed by atoms with E-state index in [0.717, 1.165) is 5.56 Å². The molecule has 1 N–H and O–H groups in total. The van der Waals surface area contributed by atoms with Crippen molar-refractivity contribution in [2.24, 2.45) is 5.92 Å². The molecule has 4 nitrogen and oxygen atoms in total. The van der Waals surface area contributed by atoms with E-state index < -0.39 is 0 Å². The number of halogens is 1. The molecule has 0 aliphatic rings. The van der Waals surface area contributed by atoms with Crippen molar-refractivity contribution in [3.05, 3.63) is 58.6 Å². The summed E-state index contributed by atoms with van der Waals surface area (Å²) in [6.45, 7) is 4.14. The van der Waals surface area contributed by atoms with Gasteiger partial charge in [0.25, 0.3) is 5.91 Å². The van der Waals surface area contributed by atoms with Crippen LogP contribution in [0.1, 0.15) is 35.8 Å². The first kappa shape index (κ1) is 18.1. The molecular formula is C19H22ClNO3. The normalized spacial score (nSPS) is 11.9. The molecular weight excluding hydrogens is 326 g/mol. The molecule has 0 spiro atoms. The zero-order valence-corrected chi connectivity index (χ0v) is 15.1. The summed E-state index contributed by atoms with van der Waals surface area (Å²) < 4.78 is 10.5. The van der Waals surface area contributed by atoms with Crippen LogP contribution in [0.25, 0.3) is 0 Å². The molecule has 1 atom stereocenters. The van der Waals surface area contributed by atoms with E-state index in [0.29, 0.717) is 22.1 Å². The van der Waals surface area contributed by atoms with Crippen molar-refractivity contribution in [2.75, 3.05) is 14.2 Å². The average molecular weight is 348 g/mol. The second kappa shape index (κ2) is 8.06. The van der Waals surface area contributed by atoms with Crippen LogP contribution in [0, 0.1) is 5.92 Å². The quantitative estimate of drug-likeness (QED) is 0.837. The molecule has 0 bridgehead atoms. The van der Waals surface area contributed by atoms with Gasteiger partial charge in [-0.15, -0.1) is 0 Å². The van der Waals surface area contributed by atoms with Crippen LogP contribution in [0.15, 0.2) is 42.5 Å². The van der Waals surface area contributed by atoms with E-state index in [1.54, 1.807) is 12.1 Å². The number of carbonyl (C=O) groups excluding carboxylic acids is 1. The molecule has 24 heavy (non-hydrogen) atoms. The predicted molar refractivity (Wildman–Crippen MR) is 96.0 cm³/mol. The van der Waals surface area contributed by atoms with Crippen molar-refractivity contribution in [1.82, 2.24) is 5.32 Å². The highest BCUT2D eigenvalue weighted by atomic mass is 35.5. The van der Waals surface area contributed by atoms with Crippen molar-refractivity contribution in [1.29, 1.82) is 0 Å². The number of hydrogen-bond acceptors (Lipinski definition) is 3. The fraction of sp³-hybridized carbons (Fsp3) is 0.316. The van der Waals surface area contributed by atoms with Crippen LogP contribution < -0.4 is 14.8 Å². The molecule has 0 fully saturated rings. The second-order valence-corrected chi connectivity index (χ2v) is 6.21. The topological polar surface area (TPSA) is 47.6 Å². The molecule has 2 aromatic carbocycles. The monoisotopic (exact) mass is 347 g/mol. The summed E-state index contributed by atoms with van der Waals surface area (Å²) >= 11 is 6.19. The lowest BCUT2D eigenvalue weighted by molar-refractivity contribution is 0.0925. The van der Waals surface area contributed by atoms with Crippen molar-refractivity contribution in [3.8, 4) is 11.5 Å². The minimum atomic E-state index is -0.208. The third-order valence-electron chi connectivity index (χ3n) is 3.81. The summed E-state index contributed by atoms with van der Waals surface area (Å²) in [5.74, 6) is 0.877. The minimum Gasteiger partial charge on any atom is -0.493 e. The van der Waals surface area contributed by atoms with Gasteiger partial charge >= 0.3 is 0 Å². The summed E-state index contributed by atoms with van der Waals surface area (Å²) in [6, 6.07) is 13.0. The molecule has 0 aliphatic carbocycles. The molecule has 2 aromatic rings. The van der Waals surface area contributed by atoms with E-state index in [2.05, 4.69) is 19.2 Å². The number of benzene rings is 2. The molecule has 1 unspecified atom stereocenters. The molecule has 0 aliphatic heterocycles. The van der Waals surface area contributed by atoms with Gasteiger partial charge in [0.2, 0.25) is 0 Å². The van der Waals surface area contributed by atoms with Crippen molar-refractivity contribution in [2.45, 2.75) is 19.9 Å². The third kappa shape index (κ3) is 4.01. The molecule has 0 heterocycles. The summed E-state index contributed by atoms with van der Waals surface area (Å²) in [5.41, 5.74) is 1.49. The average Bonchev–Trinajstić information content (AvgIpc) is 2.59. The maximum atomic E-state index is 12.7. The predicted octanol–water partition coefficient (Wildman–Crippen LogP) is 4.48. The van der Waals surface area contributed by atoms with E-state index in [1.165, 1.54) is 14.2 Å². The molecule has 5 heteroatoms. The number of nitrogens with one attached hydrogen (secondary N) is 1. The van der Waals surface area contributed by atoms with E-state index in [9.17, 15) is 4.79 Å². The van der Waals surface area contributed by atoms with E-state index >= 15 is 0 Å². The van der Waals surface area contributed by atoms with Crippen LogP contribution in [-0.2, 0) is 0 Å². The Balaban J connectivity index is 2.29. The lowest BCUT2D eigenvalue weighted by atomic mass is 9.95. The molecule has 1 amide bonds. The first-order valence-corrected chi connectivity index (χ1v) is 8.13. The number of amides is 1. The van der Waals surface area contributed by atoms with Gasteiger partial charge in [0.05, 0.1) is 25.3 Å². The summed E-state index contributed by atoms with van der Waals surface area (Å²) in [4.78, 5) is 12.7. The Morgan fingerprint density at radius 3 is 2.29 bits per heavy atom. The van der Waals surface area contributed by atoms with Crippen LogP contribution >= 0.6 is 11.6 Å². The van der Waals surface area contributed by atoms with E-state index in [4.69, 9.17) is 21.1 Å². The summed E-state index contributed by atoms with van der Waals surface area (Å²) in [6.07, 6.45) is 0. The highest BCUT2D eigenvalue weighted by molar-refractivity contribution is 6.32. The molecule has 2 rings (SSSR count). The van der Waals surface area contributed by atoms with Gasteiger partial charge in [-0.1, -0.05) is 55.8 Å². The Hall–Kier alpha value is -2.20. The second-order valence-electron chi connectivity index (χ2n) is 5.80. The van der Waals surface area contributed by atoms with Crippen LogP contribution in [0.5, 0.6) is 11.5 Å². The smallest absolute Gasteiger partial charge is 0.251 e. The van der Waals surface area contributed by atoms with Gasteiger partial charge in [0.15, 0.2) is 11.5 Å². The van der Waals surface area contributed by atoms with Crippen LogP contribution in [0.4, 0.5) is 0 Å². The number of rotatable bonds is 6. The van der Waals surface area contributed by atoms with Crippen molar-refractivity contribution in [3.63, 3.8) is 0 Å². The van der Waals surface area contributed by atoms with Crippen molar-refractivity contribution >= 4 is 17.5 Å². The maximum Gasteiger partial charge on any atom is 0.251 e. The molecule has 0 radical (unpaired) electrons. The van der Waals surface area contributed by atoms with Gasteiger partial charge in [0, 0.05) is 5.56 Å². The van der Waals surface area contributed by atoms with Gasteiger partial charge in [0.1, 0.15) is 0 Å². The Bertz CT molecular complexity index is 701. The minimum absolute atomic E-state index is 0.0921. The number of carbonyl (C=O) groups is 1. The Morgan fingerprint density at radius 2 is 1.75 bits per heavy atom. The van der Waals surface area contributed by atoms with Gasteiger partial charge < -0.3 is 14.8 Å². The maximum absolute atomic E-state index is 12.7. The molecule has 0 saturated heterocycles. The highest BCUT2D eigenvalue weighted by Gasteiger charge is 2.21. The van der Waals surface area contributed by atoms with Gasteiger partial charge in [-0.05, 0) is 23.6 Å². The molecule has 0 saturated carbocycles. The standard InChI is InChI=1S/C19H22ClNO3/c1-12(2)17(13-8-6-5-7-9-13)21-19(22)14-10-15(20)18(24-4)16(11-14)23-3/h5-12,17H,1-4H3,(H,21,22). The third-order valence-corrected chi connectivity index (χ3v) is 4.09. The van der Waals surface area contributed by atoms with Crippen molar-refractivity contribution < 1.29 is 14.3 Å². The van der Waals surface area contributed by atoms with Crippen LogP contribution in [0.3, 0.4) is 0 Å². The van der Waals surface area contributed by atoms with E-state index in [1.807, 2.05) is 30.3 Å². The SMILES string of the molecule is COc1cc(C(=O)NC(c2ccccc2)C(C)C)cc(Cl)c1OC. The first-order valence-electron chi connectivity index (χ1n) is 7.75. The zero-order chi connectivity index (χ0) is 17.7. The van der Waals surface area contributed by atoms with Crippen LogP contribution in [0.2, 0.25) is 5.02 Å². The largest absolute Gasteiger partial charge is 0.493 e. The highest BCUT2D eigenvalue weighted by Crippen LogP contribution is 2.36. The summed E-state index contributed by atoms with van der Waals surface area (Å²) in [7, 11) is 3.02. The molecule has 0 aromatic heterocycles. The number of methoxy groups -OCH3 is 2. The fourth-order valence-corrected chi connectivity index (χ4v) is 2.86. The van der Waals surface area contributed by atoms with Crippen LogP contribution in [-0.4, -0.2) is 20.1 Å². The van der Waals surface area contributed by atoms with Gasteiger partial charge in [-0.3, -0.25) is 4.79 Å². The lowest BCUT2D eigenvalue weighted by Gasteiger charge is -2.23. The Morgan fingerprint density at radius 1 is 1.08 bits per heavy atom. The van der Waals surface area contributed by atoms with Gasteiger partial charge in [-0.2, -0.15) is 0 Å².